The Bertz CT molecular complexity index is 591. The van der Waals surface area contributed by atoms with Crippen LogP contribution < -0.4 is 5.32 Å². The summed E-state index contributed by atoms with van der Waals surface area (Å²) in [6.45, 7) is 3.92. The Balaban J connectivity index is 3.05. The Kier molecular flexibility index (Phi) is 6.05. The highest BCUT2D eigenvalue weighted by molar-refractivity contribution is 5.70. The number of alkyl halides is 3. The molecule has 0 fully saturated rings. The average Bonchev–Trinajstić information content (AvgIpc) is 2.93. The number of rotatable bonds is 7. The first-order valence-corrected chi connectivity index (χ1v) is 6.06. The Morgan fingerprint density at radius 3 is 2.68 bits per heavy atom. The Morgan fingerprint density at radius 1 is 1.50 bits per heavy atom. The molecule has 1 aromatic heterocycles. The highest BCUT2D eigenvalue weighted by atomic mass is 19.4. The molecule has 0 radical (unpaired) electrons. The molecule has 1 amide bonds. The predicted octanol–water partition coefficient (Wildman–Crippen LogP) is 1.93. The fourth-order valence-electron chi connectivity index (χ4n) is 1.32. The minimum absolute atomic E-state index is 0.0117. The summed E-state index contributed by atoms with van der Waals surface area (Å²) < 4.78 is 42.1. The summed E-state index contributed by atoms with van der Waals surface area (Å²) in [5, 5.41) is 14.9. The molecule has 0 aliphatic heterocycles. The number of aliphatic hydroxyl groups is 1. The van der Waals surface area contributed by atoms with Gasteiger partial charge in [-0.1, -0.05) is 30.0 Å². The maximum atomic E-state index is 12.4. The molecular weight excluding hydrogens is 303 g/mol. The van der Waals surface area contributed by atoms with Crippen LogP contribution in [0.1, 0.15) is 24.7 Å². The summed E-state index contributed by atoms with van der Waals surface area (Å²) in [6.07, 6.45) is -0.812. The number of carbonyl (C=O) groups excluding carboxylic acids is 1. The minimum atomic E-state index is -4.43. The smallest absolute Gasteiger partial charge is 0.394 e. The molecule has 1 rings (SSSR count). The Morgan fingerprint density at radius 2 is 2.18 bits per heavy atom. The maximum Gasteiger partial charge on any atom is 0.412 e. The fraction of sp³-hybridized carbons (Fsp3) is 0.308. The van der Waals surface area contributed by atoms with Gasteiger partial charge in [0, 0.05) is 11.1 Å². The van der Waals surface area contributed by atoms with Gasteiger partial charge in [0.05, 0.1) is 6.61 Å². The summed E-state index contributed by atoms with van der Waals surface area (Å²) in [4.78, 5) is 14.3. The summed E-state index contributed by atoms with van der Waals surface area (Å²) in [7, 11) is 0. The SMILES string of the molecule is C=C/C(=C\C=C(/C)C(F)(F)F)c1noc([C@H](CO)NC=O)n1. The van der Waals surface area contributed by atoms with E-state index in [4.69, 9.17) is 9.63 Å². The van der Waals surface area contributed by atoms with E-state index in [1.54, 1.807) is 0 Å². The molecule has 0 aromatic carbocycles. The molecule has 1 atom stereocenters. The molecule has 1 heterocycles. The lowest BCUT2D eigenvalue weighted by molar-refractivity contribution is -0.110. The zero-order valence-electron chi connectivity index (χ0n) is 11.6. The molecule has 9 heteroatoms. The first-order valence-electron chi connectivity index (χ1n) is 6.06. The number of aromatic nitrogens is 2. The van der Waals surface area contributed by atoms with Gasteiger partial charge in [-0.25, -0.2) is 0 Å². The molecule has 0 saturated heterocycles. The molecule has 0 spiro atoms. The number of nitrogens with zero attached hydrogens (tertiary/aromatic N) is 2. The number of allylic oxidation sites excluding steroid dienone is 5. The first-order chi connectivity index (χ1) is 10.3. The van der Waals surface area contributed by atoms with Crippen molar-refractivity contribution in [2.24, 2.45) is 0 Å². The molecule has 0 unspecified atom stereocenters. The second-order valence-corrected chi connectivity index (χ2v) is 4.15. The molecule has 6 nitrogen and oxygen atoms in total. The van der Waals surface area contributed by atoms with E-state index in [-0.39, 0.29) is 17.3 Å². The molecule has 2 N–H and O–H groups in total. The summed E-state index contributed by atoms with van der Waals surface area (Å²) in [5.74, 6) is -0.0868. The summed E-state index contributed by atoms with van der Waals surface area (Å²) >= 11 is 0. The number of hydrogen-bond acceptors (Lipinski definition) is 5. The Hall–Kier alpha value is -2.42. The van der Waals surface area contributed by atoms with Crippen LogP contribution in [0.3, 0.4) is 0 Å². The van der Waals surface area contributed by atoms with Gasteiger partial charge in [0.1, 0.15) is 6.04 Å². The molecule has 22 heavy (non-hydrogen) atoms. The van der Waals surface area contributed by atoms with E-state index in [1.165, 1.54) is 6.08 Å². The predicted molar refractivity (Wildman–Crippen MR) is 71.3 cm³/mol. The van der Waals surface area contributed by atoms with E-state index in [1.807, 2.05) is 0 Å². The van der Waals surface area contributed by atoms with Crippen molar-refractivity contribution in [1.29, 1.82) is 0 Å². The Labute approximate surface area is 124 Å². The normalized spacial score (nSPS) is 14.6. The zero-order valence-corrected chi connectivity index (χ0v) is 11.6. The third kappa shape index (κ3) is 4.55. The van der Waals surface area contributed by atoms with Gasteiger partial charge in [-0.2, -0.15) is 18.2 Å². The van der Waals surface area contributed by atoms with Crippen LogP contribution in [-0.4, -0.2) is 34.4 Å². The quantitative estimate of drug-likeness (QED) is 0.592. The van der Waals surface area contributed by atoms with Gasteiger partial charge >= 0.3 is 6.18 Å². The van der Waals surface area contributed by atoms with Crippen molar-refractivity contribution in [1.82, 2.24) is 15.5 Å². The van der Waals surface area contributed by atoms with Crippen molar-refractivity contribution in [3.63, 3.8) is 0 Å². The minimum Gasteiger partial charge on any atom is -0.394 e. The average molecular weight is 317 g/mol. The van der Waals surface area contributed by atoms with Crippen LogP contribution in [0.4, 0.5) is 13.2 Å². The number of nitrogens with one attached hydrogen (secondary N) is 1. The van der Waals surface area contributed by atoms with Crippen LogP contribution in [-0.2, 0) is 4.79 Å². The van der Waals surface area contributed by atoms with E-state index >= 15 is 0 Å². The monoisotopic (exact) mass is 317 g/mol. The molecular formula is C13H14F3N3O3. The van der Waals surface area contributed by atoms with Crippen molar-refractivity contribution in [3.8, 4) is 0 Å². The number of hydrogen-bond donors (Lipinski definition) is 2. The third-order valence-corrected chi connectivity index (χ3v) is 2.63. The van der Waals surface area contributed by atoms with Crippen molar-refractivity contribution >= 4 is 12.0 Å². The fourth-order valence-corrected chi connectivity index (χ4v) is 1.32. The van der Waals surface area contributed by atoms with Gasteiger partial charge in [0.25, 0.3) is 5.89 Å². The first kappa shape index (κ1) is 17.6. The number of amides is 1. The van der Waals surface area contributed by atoms with Gasteiger partial charge in [0.15, 0.2) is 0 Å². The number of halogens is 3. The largest absolute Gasteiger partial charge is 0.412 e. The van der Waals surface area contributed by atoms with E-state index in [9.17, 15) is 18.0 Å². The lowest BCUT2D eigenvalue weighted by Crippen LogP contribution is -2.23. The van der Waals surface area contributed by atoms with Crippen LogP contribution in [0, 0.1) is 0 Å². The van der Waals surface area contributed by atoms with Gasteiger partial charge in [-0.05, 0) is 6.92 Å². The topological polar surface area (TPSA) is 88.3 Å². The van der Waals surface area contributed by atoms with Crippen molar-refractivity contribution in [3.05, 3.63) is 42.1 Å². The highest BCUT2D eigenvalue weighted by Crippen LogP contribution is 2.25. The van der Waals surface area contributed by atoms with Crippen LogP contribution in [0.5, 0.6) is 0 Å². The summed E-state index contributed by atoms with van der Waals surface area (Å²) in [5.41, 5.74) is -0.604. The second kappa shape index (κ2) is 7.55. The van der Waals surface area contributed by atoms with Crippen LogP contribution in [0.15, 0.2) is 34.9 Å². The van der Waals surface area contributed by atoms with Crippen molar-refractivity contribution in [2.45, 2.75) is 19.1 Å². The molecule has 0 aliphatic carbocycles. The van der Waals surface area contributed by atoms with Crippen LogP contribution >= 0.6 is 0 Å². The van der Waals surface area contributed by atoms with Gasteiger partial charge in [0.2, 0.25) is 12.2 Å². The standard InChI is InChI=1S/C13H14F3N3O3/c1-3-9(5-4-8(2)13(14,15)16)11-18-12(22-19-11)10(6-20)17-7-21/h3-5,7,10,20H,1,6H2,2H3,(H,17,21)/b8-4+,9-5+/t10-/m0/s1. The molecule has 0 saturated carbocycles. The van der Waals surface area contributed by atoms with Gasteiger partial charge in [-0.15, -0.1) is 0 Å². The molecule has 1 aromatic rings. The summed E-state index contributed by atoms with van der Waals surface area (Å²) in [6, 6.07) is -0.891. The van der Waals surface area contributed by atoms with Gasteiger partial charge in [-0.3, -0.25) is 4.79 Å². The second-order valence-electron chi connectivity index (χ2n) is 4.15. The maximum absolute atomic E-state index is 12.4. The van der Waals surface area contributed by atoms with E-state index in [0.717, 1.165) is 19.1 Å². The van der Waals surface area contributed by atoms with Crippen LogP contribution in [0.2, 0.25) is 0 Å². The lowest BCUT2D eigenvalue weighted by Gasteiger charge is -2.06. The van der Waals surface area contributed by atoms with Crippen molar-refractivity contribution in [2.75, 3.05) is 6.61 Å². The molecule has 120 valence electrons. The van der Waals surface area contributed by atoms with Gasteiger partial charge < -0.3 is 14.9 Å². The van der Waals surface area contributed by atoms with E-state index in [0.29, 0.717) is 6.41 Å². The third-order valence-electron chi connectivity index (χ3n) is 2.63. The lowest BCUT2D eigenvalue weighted by atomic mass is 10.2. The zero-order chi connectivity index (χ0) is 16.8. The van der Waals surface area contributed by atoms with Crippen LogP contribution in [0.25, 0.3) is 5.57 Å². The van der Waals surface area contributed by atoms with Crippen molar-refractivity contribution < 1.29 is 27.6 Å². The van der Waals surface area contributed by atoms with E-state index in [2.05, 4.69) is 22.0 Å². The van der Waals surface area contributed by atoms with E-state index < -0.39 is 24.4 Å². The number of carbonyl (C=O) groups is 1. The molecule has 0 bridgehead atoms. The molecule has 0 aliphatic rings. The highest BCUT2D eigenvalue weighted by Gasteiger charge is 2.29. The number of aliphatic hydroxyl groups excluding tert-OH is 1.